The second-order valence-electron chi connectivity index (χ2n) is 4.55. The van der Waals surface area contributed by atoms with Gasteiger partial charge < -0.3 is 10.1 Å². The highest BCUT2D eigenvalue weighted by Crippen LogP contribution is 2.18. The number of aryl methyl sites for hydroxylation is 1. The van der Waals surface area contributed by atoms with Crippen LogP contribution in [0, 0.1) is 12.7 Å². The fourth-order valence-electron chi connectivity index (χ4n) is 1.75. The molecule has 1 atom stereocenters. The van der Waals surface area contributed by atoms with Gasteiger partial charge in [-0.2, -0.15) is 0 Å². The Kier molecular flexibility index (Phi) is 4.35. The van der Waals surface area contributed by atoms with Crippen LogP contribution in [0.15, 0.2) is 48.5 Å². The molecule has 0 aromatic heterocycles. The number of hydrogen-bond donors (Lipinski definition) is 1. The van der Waals surface area contributed by atoms with Crippen molar-refractivity contribution in [2.75, 3.05) is 5.32 Å². The van der Waals surface area contributed by atoms with E-state index in [1.165, 1.54) is 12.1 Å². The van der Waals surface area contributed by atoms with E-state index in [9.17, 15) is 9.18 Å². The molecule has 0 aliphatic carbocycles. The van der Waals surface area contributed by atoms with Crippen LogP contribution >= 0.6 is 0 Å². The van der Waals surface area contributed by atoms with E-state index < -0.39 is 11.9 Å². The smallest absolute Gasteiger partial charge is 0.265 e. The summed E-state index contributed by atoms with van der Waals surface area (Å²) in [5, 5.41) is 2.74. The van der Waals surface area contributed by atoms with Gasteiger partial charge in [0.1, 0.15) is 0 Å². The Hall–Kier alpha value is -2.36. The number of para-hydroxylation sites is 1. The molecule has 1 N–H and O–H groups in total. The minimum atomic E-state index is -0.785. The second-order valence-corrected chi connectivity index (χ2v) is 4.55. The van der Waals surface area contributed by atoms with Gasteiger partial charge in [0, 0.05) is 5.69 Å². The van der Waals surface area contributed by atoms with Crippen LogP contribution in [0.1, 0.15) is 12.5 Å². The first-order chi connectivity index (χ1) is 9.56. The largest absolute Gasteiger partial charge is 0.478 e. The summed E-state index contributed by atoms with van der Waals surface area (Å²) in [7, 11) is 0. The molecule has 0 unspecified atom stereocenters. The number of carbonyl (C=O) groups is 1. The van der Waals surface area contributed by atoms with Crippen molar-refractivity contribution >= 4 is 11.6 Å². The van der Waals surface area contributed by atoms with Crippen LogP contribution in [0.4, 0.5) is 10.1 Å². The van der Waals surface area contributed by atoms with E-state index >= 15 is 0 Å². The number of hydrogen-bond acceptors (Lipinski definition) is 2. The molecule has 4 heteroatoms. The van der Waals surface area contributed by atoms with Gasteiger partial charge in [0.15, 0.2) is 17.7 Å². The lowest BCUT2D eigenvalue weighted by atomic mass is 10.2. The van der Waals surface area contributed by atoms with E-state index in [1.54, 1.807) is 25.1 Å². The number of anilines is 1. The first-order valence-corrected chi connectivity index (χ1v) is 6.35. The summed E-state index contributed by atoms with van der Waals surface area (Å²) in [6.07, 6.45) is -0.785. The molecule has 0 heterocycles. The summed E-state index contributed by atoms with van der Waals surface area (Å²) in [5.74, 6) is -0.735. The van der Waals surface area contributed by atoms with Crippen LogP contribution in [0.25, 0.3) is 0 Å². The second kappa shape index (κ2) is 6.19. The van der Waals surface area contributed by atoms with Gasteiger partial charge in [-0.25, -0.2) is 4.39 Å². The summed E-state index contributed by atoms with van der Waals surface area (Å²) >= 11 is 0. The number of amides is 1. The zero-order valence-electron chi connectivity index (χ0n) is 11.4. The van der Waals surface area contributed by atoms with Gasteiger partial charge in [0.25, 0.3) is 5.91 Å². The van der Waals surface area contributed by atoms with Crippen LogP contribution in [0.2, 0.25) is 0 Å². The molecular weight excluding hydrogens is 257 g/mol. The van der Waals surface area contributed by atoms with Gasteiger partial charge in [0.2, 0.25) is 0 Å². The zero-order valence-corrected chi connectivity index (χ0v) is 11.4. The topological polar surface area (TPSA) is 38.3 Å². The summed E-state index contributed by atoms with van der Waals surface area (Å²) in [4.78, 5) is 12.0. The Labute approximate surface area is 117 Å². The first-order valence-electron chi connectivity index (χ1n) is 6.35. The Bertz CT molecular complexity index is 613. The SMILES string of the molecule is Cc1cccc(NC(=O)[C@H](C)Oc2ccccc2F)c1. The average Bonchev–Trinajstić information content (AvgIpc) is 2.41. The van der Waals surface area contributed by atoms with Crippen LogP contribution in [-0.2, 0) is 4.79 Å². The molecule has 2 aromatic carbocycles. The van der Waals surface area contributed by atoms with Crippen molar-refractivity contribution in [3.8, 4) is 5.75 Å². The molecule has 0 bridgehead atoms. The number of ether oxygens (including phenoxy) is 1. The standard InChI is InChI=1S/C16H16FNO2/c1-11-6-5-7-13(10-11)18-16(19)12(2)20-15-9-4-3-8-14(15)17/h3-10,12H,1-2H3,(H,18,19)/t12-/m0/s1. The molecule has 0 fully saturated rings. The molecule has 0 saturated carbocycles. The number of benzene rings is 2. The average molecular weight is 273 g/mol. The van der Waals surface area contributed by atoms with E-state index in [4.69, 9.17) is 4.74 Å². The molecule has 104 valence electrons. The zero-order chi connectivity index (χ0) is 14.5. The minimum absolute atomic E-state index is 0.0689. The summed E-state index contributed by atoms with van der Waals surface area (Å²) < 4.78 is 18.8. The molecular formula is C16H16FNO2. The monoisotopic (exact) mass is 273 g/mol. The van der Waals surface area contributed by atoms with E-state index in [1.807, 2.05) is 25.1 Å². The minimum Gasteiger partial charge on any atom is -0.478 e. The molecule has 0 saturated heterocycles. The Morgan fingerprint density at radius 1 is 1.20 bits per heavy atom. The molecule has 3 nitrogen and oxygen atoms in total. The van der Waals surface area contributed by atoms with Crippen LogP contribution in [-0.4, -0.2) is 12.0 Å². The molecule has 1 amide bonds. The third-order valence-electron chi connectivity index (χ3n) is 2.80. The lowest BCUT2D eigenvalue weighted by molar-refractivity contribution is -0.122. The van der Waals surface area contributed by atoms with E-state index in [-0.39, 0.29) is 11.7 Å². The van der Waals surface area contributed by atoms with Crippen LogP contribution < -0.4 is 10.1 Å². The van der Waals surface area contributed by atoms with Crippen molar-refractivity contribution in [2.45, 2.75) is 20.0 Å². The number of rotatable bonds is 4. The fourth-order valence-corrected chi connectivity index (χ4v) is 1.75. The van der Waals surface area contributed by atoms with Crippen molar-refractivity contribution in [3.05, 3.63) is 59.9 Å². The predicted octanol–water partition coefficient (Wildman–Crippen LogP) is 3.54. The van der Waals surface area contributed by atoms with Crippen LogP contribution in [0.5, 0.6) is 5.75 Å². The lowest BCUT2D eigenvalue weighted by Crippen LogP contribution is -2.30. The summed E-state index contributed by atoms with van der Waals surface area (Å²) in [5.41, 5.74) is 1.74. The molecule has 20 heavy (non-hydrogen) atoms. The van der Waals surface area contributed by atoms with Crippen molar-refractivity contribution < 1.29 is 13.9 Å². The maximum Gasteiger partial charge on any atom is 0.265 e. The Morgan fingerprint density at radius 2 is 1.95 bits per heavy atom. The highest BCUT2D eigenvalue weighted by molar-refractivity contribution is 5.94. The Balaban J connectivity index is 2.01. The Morgan fingerprint density at radius 3 is 2.65 bits per heavy atom. The van der Waals surface area contributed by atoms with Crippen LogP contribution in [0.3, 0.4) is 0 Å². The molecule has 0 aliphatic rings. The quantitative estimate of drug-likeness (QED) is 0.925. The summed E-state index contributed by atoms with van der Waals surface area (Å²) in [6.45, 7) is 3.52. The molecule has 0 spiro atoms. The number of halogens is 1. The maximum absolute atomic E-state index is 13.4. The first kappa shape index (κ1) is 14.1. The van der Waals surface area contributed by atoms with Gasteiger partial charge >= 0.3 is 0 Å². The third-order valence-corrected chi connectivity index (χ3v) is 2.80. The maximum atomic E-state index is 13.4. The van der Waals surface area contributed by atoms with Crippen molar-refractivity contribution in [1.29, 1.82) is 0 Å². The van der Waals surface area contributed by atoms with E-state index in [0.717, 1.165) is 5.56 Å². The number of carbonyl (C=O) groups excluding carboxylic acids is 1. The highest BCUT2D eigenvalue weighted by atomic mass is 19.1. The van der Waals surface area contributed by atoms with Crippen molar-refractivity contribution in [1.82, 2.24) is 0 Å². The van der Waals surface area contributed by atoms with Gasteiger partial charge in [-0.3, -0.25) is 4.79 Å². The van der Waals surface area contributed by atoms with Gasteiger partial charge in [-0.05, 0) is 43.7 Å². The molecule has 0 aliphatic heterocycles. The van der Waals surface area contributed by atoms with Gasteiger partial charge in [-0.15, -0.1) is 0 Å². The van der Waals surface area contributed by atoms with Crippen molar-refractivity contribution in [2.24, 2.45) is 0 Å². The van der Waals surface area contributed by atoms with Gasteiger partial charge in [-0.1, -0.05) is 24.3 Å². The molecule has 2 aromatic rings. The fraction of sp³-hybridized carbons (Fsp3) is 0.188. The lowest BCUT2D eigenvalue weighted by Gasteiger charge is -2.15. The van der Waals surface area contributed by atoms with E-state index in [2.05, 4.69) is 5.32 Å². The normalized spacial score (nSPS) is 11.8. The van der Waals surface area contributed by atoms with E-state index in [0.29, 0.717) is 5.69 Å². The number of nitrogens with one attached hydrogen (secondary N) is 1. The molecule has 2 rings (SSSR count). The summed E-state index contributed by atoms with van der Waals surface area (Å²) in [6, 6.07) is 13.5. The van der Waals surface area contributed by atoms with Gasteiger partial charge in [0.05, 0.1) is 0 Å². The molecule has 0 radical (unpaired) electrons. The predicted molar refractivity (Wildman–Crippen MR) is 76.3 cm³/mol. The third kappa shape index (κ3) is 3.57. The highest BCUT2D eigenvalue weighted by Gasteiger charge is 2.16. The van der Waals surface area contributed by atoms with Crippen molar-refractivity contribution in [3.63, 3.8) is 0 Å².